The van der Waals surface area contributed by atoms with Gasteiger partial charge >= 0.3 is 0 Å². The Kier molecular flexibility index (Phi) is 4.57. The Morgan fingerprint density at radius 1 is 1.21 bits per heavy atom. The number of nitrogens with zero attached hydrogens (tertiary/aromatic N) is 3. The molecule has 0 radical (unpaired) electrons. The van der Waals surface area contributed by atoms with Gasteiger partial charge in [-0.25, -0.2) is 4.68 Å². The molecule has 24 heavy (non-hydrogen) atoms. The summed E-state index contributed by atoms with van der Waals surface area (Å²) in [5, 5.41) is 16.1. The Morgan fingerprint density at radius 2 is 1.96 bits per heavy atom. The SMILES string of the molecule is CC(C)[NH+](Cc1ccccc1)Cn1ncc2cc([N+](=O)[O-])ccc21. The second kappa shape index (κ2) is 6.80. The molecular formula is C18H21N4O2+. The van der Waals surface area contributed by atoms with Gasteiger partial charge in [0.05, 0.1) is 22.7 Å². The predicted octanol–water partition coefficient (Wildman–Crippen LogP) is 2.40. The number of aromatic nitrogens is 2. The van der Waals surface area contributed by atoms with Crippen LogP contribution < -0.4 is 4.90 Å². The monoisotopic (exact) mass is 325 g/mol. The third kappa shape index (κ3) is 3.44. The molecule has 1 aromatic heterocycles. The maximum Gasteiger partial charge on any atom is 0.270 e. The Balaban J connectivity index is 1.85. The number of nitrogens with one attached hydrogen (secondary N) is 1. The van der Waals surface area contributed by atoms with Gasteiger partial charge < -0.3 is 4.90 Å². The van der Waals surface area contributed by atoms with Crippen molar-refractivity contribution in [1.82, 2.24) is 9.78 Å². The van der Waals surface area contributed by atoms with Crippen LogP contribution in [-0.2, 0) is 13.2 Å². The molecule has 0 bridgehead atoms. The summed E-state index contributed by atoms with van der Waals surface area (Å²) in [6, 6.07) is 15.7. The van der Waals surface area contributed by atoms with Crippen LogP contribution >= 0.6 is 0 Å². The van der Waals surface area contributed by atoms with Gasteiger partial charge in [0.1, 0.15) is 6.54 Å². The first kappa shape index (κ1) is 16.1. The van der Waals surface area contributed by atoms with E-state index in [9.17, 15) is 10.1 Å². The van der Waals surface area contributed by atoms with Gasteiger partial charge in [-0.2, -0.15) is 5.10 Å². The summed E-state index contributed by atoms with van der Waals surface area (Å²) in [6.07, 6.45) is 1.70. The molecular weight excluding hydrogens is 304 g/mol. The Morgan fingerprint density at radius 3 is 2.62 bits per heavy atom. The fourth-order valence-electron chi connectivity index (χ4n) is 2.81. The molecule has 0 saturated heterocycles. The lowest BCUT2D eigenvalue weighted by Gasteiger charge is -2.23. The van der Waals surface area contributed by atoms with Crippen LogP contribution in [0.4, 0.5) is 5.69 Å². The van der Waals surface area contributed by atoms with Crippen LogP contribution in [0.5, 0.6) is 0 Å². The van der Waals surface area contributed by atoms with E-state index >= 15 is 0 Å². The van der Waals surface area contributed by atoms with Crippen molar-refractivity contribution in [2.45, 2.75) is 33.1 Å². The quantitative estimate of drug-likeness (QED) is 0.559. The van der Waals surface area contributed by atoms with Crippen LogP contribution in [0.3, 0.4) is 0 Å². The number of fused-ring (bicyclic) bond motifs is 1. The van der Waals surface area contributed by atoms with Gasteiger partial charge in [0.15, 0.2) is 6.67 Å². The standard InChI is InChI=1S/C18H20N4O2/c1-14(2)20(12-15-6-4-3-5-7-15)13-21-18-9-8-17(22(23)24)10-16(18)11-19-21/h3-11,14H,12-13H2,1-2H3/p+1. The van der Waals surface area contributed by atoms with Crippen LogP contribution in [-0.4, -0.2) is 20.7 Å². The fourth-order valence-corrected chi connectivity index (χ4v) is 2.81. The maximum absolute atomic E-state index is 10.9. The van der Waals surface area contributed by atoms with Gasteiger partial charge in [-0.15, -0.1) is 0 Å². The van der Waals surface area contributed by atoms with Gasteiger partial charge in [-0.3, -0.25) is 10.1 Å². The summed E-state index contributed by atoms with van der Waals surface area (Å²) >= 11 is 0. The molecule has 6 nitrogen and oxygen atoms in total. The highest BCUT2D eigenvalue weighted by Gasteiger charge is 2.17. The normalized spacial score (nSPS) is 12.6. The van der Waals surface area contributed by atoms with Crippen LogP contribution in [0.25, 0.3) is 10.9 Å². The minimum Gasteiger partial charge on any atom is -0.311 e. The van der Waals surface area contributed by atoms with Gasteiger partial charge in [0, 0.05) is 23.1 Å². The first-order chi connectivity index (χ1) is 11.5. The zero-order valence-electron chi connectivity index (χ0n) is 13.8. The summed E-state index contributed by atoms with van der Waals surface area (Å²) in [6.45, 7) is 6.00. The van der Waals surface area contributed by atoms with Crippen molar-refractivity contribution in [3.8, 4) is 0 Å². The minimum absolute atomic E-state index is 0.0967. The third-order valence-corrected chi connectivity index (χ3v) is 4.28. The summed E-state index contributed by atoms with van der Waals surface area (Å²) in [5.74, 6) is 0. The van der Waals surface area contributed by atoms with Gasteiger partial charge in [-0.1, -0.05) is 30.3 Å². The Bertz CT molecular complexity index is 843. The van der Waals surface area contributed by atoms with E-state index in [4.69, 9.17) is 0 Å². The molecule has 1 heterocycles. The molecule has 0 spiro atoms. The minimum atomic E-state index is -0.377. The van der Waals surface area contributed by atoms with Crippen LogP contribution in [0.15, 0.2) is 54.7 Å². The van der Waals surface area contributed by atoms with E-state index in [2.05, 4.69) is 43.2 Å². The van der Waals surface area contributed by atoms with Gasteiger partial charge in [0.25, 0.3) is 5.69 Å². The average molecular weight is 325 g/mol. The number of non-ortho nitro benzene ring substituents is 1. The molecule has 0 aliphatic rings. The van der Waals surface area contributed by atoms with Crippen molar-refractivity contribution >= 4 is 16.6 Å². The first-order valence-electron chi connectivity index (χ1n) is 8.03. The number of hydrogen-bond donors (Lipinski definition) is 1. The van der Waals surface area contributed by atoms with Crippen molar-refractivity contribution < 1.29 is 9.82 Å². The molecule has 3 aromatic rings. The van der Waals surface area contributed by atoms with E-state index in [1.807, 2.05) is 10.7 Å². The Labute approximate surface area is 140 Å². The molecule has 1 N–H and O–H groups in total. The highest BCUT2D eigenvalue weighted by Crippen LogP contribution is 2.20. The summed E-state index contributed by atoms with van der Waals surface area (Å²) in [4.78, 5) is 11.9. The molecule has 6 heteroatoms. The zero-order valence-corrected chi connectivity index (χ0v) is 13.8. The number of quaternary nitrogens is 1. The lowest BCUT2D eigenvalue weighted by molar-refractivity contribution is -0.957. The number of nitro benzene ring substituents is 1. The highest BCUT2D eigenvalue weighted by atomic mass is 16.6. The lowest BCUT2D eigenvalue weighted by atomic mass is 10.2. The van der Waals surface area contributed by atoms with Gasteiger partial charge in [0.2, 0.25) is 0 Å². The van der Waals surface area contributed by atoms with E-state index in [0.29, 0.717) is 12.7 Å². The van der Waals surface area contributed by atoms with Crippen LogP contribution in [0, 0.1) is 10.1 Å². The summed E-state index contributed by atoms with van der Waals surface area (Å²) in [7, 11) is 0. The van der Waals surface area contributed by atoms with Crippen LogP contribution in [0.1, 0.15) is 19.4 Å². The lowest BCUT2D eigenvalue weighted by Crippen LogP contribution is -3.13. The number of rotatable bonds is 6. The zero-order chi connectivity index (χ0) is 17.1. The second-order valence-electron chi connectivity index (χ2n) is 6.28. The van der Waals surface area contributed by atoms with E-state index in [-0.39, 0.29) is 10.6 Å². The van der Waals surface area contributed by atoms with Crippen molar-refractivity contribution in [3.63, 3.8) is 0 Å². The number of nitro groups is 1. The van der Waals surface area contributed by atoms with Crippen molar-refractivity contribution in [2.75, 3.05) is 0 Å². The predicted molar refractivity (Wildman–Crippen MR) is 92.6 cm³/mol. The molecule has 0 amide bonds. The molecule has 0 fully saturated rings. The fraction of sp³-hybridized carbons (Fsp3) is 0.278. The van der Waals surface area contributed by atoms with Crippen molar-refractivity contribution in [3.05, 3.63) is 70.4 Å². The number of benzene rings is 2. The van der Waals surface area contributed by atoms with E-state index < -0.39 is 0 Å². The molecule has 124 valence electrons. The van der Waals surface area contributed by atoms with Gasteiger partial charge in [-0.05, 0) is 19.9 Å². The largest absolute Gasteiger partial charge is 0.311 e. The van der Waals surface area contributed by atoms with Crippen molar-refractivity contribution in [2.24, 2.45) is 0 Å². The Hall–Kier alpha value is -2.73. The number of hydrogen-bond acceptors (Lipinski definition) is 3. The first-order valence-corrected chi connectivity index (χ1v) is 8.03. The van der Waals surface area contributed by atoms with E-state index in [1.54, 1.807) is 18.3 Å². The summed E-state index contributed by atoms with van der Waals surface area (Å²) in [5.41, 5.74) is 2.31. The second-order valence-corrected chi connectivity index (χ2v) is 6.28. The smallest absolute Gasteiger partial charge is 0.270 e. The topological polar surface area (TPSA) is 65.4 Å². The third-order valence-electron chi connectivity index (χ3n) is 4.28. The molecule has 0 saturated carbocycles. The van der Waals surface area contributed by atoms with Crippen molar-refractivity contribution in [1.29, 1.82) is 0 Å². The highest BCUT2D eigenvalue weighted by molar-refractivity contribution is 5.81. The van der Waals surface area contributed by atoms with E-state index in [0.717, 1.165) is 17.4 Å². The van der Waals surface area contributed by atoms with Crippen LogP contribution in [0.2, 0.25) is 0 Å². The molecule has 1 unspecified atom stereocenters. The molecule has 1 atom stereocenters. The molecule has 0 aliphatic carbocycles. The average Bonchev–Trinajstić information content (AvgIpc) is 2.97. The molecule has 2 aromatic carbocycles. The molecule has 0 aliphatic heterocycles. The van der Waals surface area contributed by atoms with E-state index in [1.165, 1.54) is 16.5 Å². The molecule has 3 rings (SSSR count). The maximum atomic E-state index is 10.9. The summed E-state index contributed by atoms with van der Waals surface area (Å²) < 4.78 is 1.93.